The molecular formula is C16H18Cl2N2O4. The first-order valence-corrected chi connectivity index (χ1v) is 8.19. The monoisotopic (exact) mass is 372 g/mol. The molecule has 0 bridgehead atoms. The summed E-state index contributed by atoms with van der Waals surface area (Å²) in [5, 5.41) is 13.2. The van der Waals surface area contributed by atoms with E-state index in [2.05, 4.69) is 5.32 Å². The van der Waals surface area contributed by atoms with Gasteiger partial charge in [-0.05, 0) is 25.0 Å². The van der Waals surface area contributed by atoms with Crippen LogP contribution in [0, 0.1) is 0 Å². The Morgan fingerprint density at radius 2 is 2.08 bits per heavy atom. The second kappa shape index (κ2) is 8.26. The predicted molar refractivity (Wildman–Crippen MR) is 91.5 cm³/mol. The maximum atomic E-state index is 11.9. The number of rotatable bonds is 7. The highest BCUT2D eigenvalue weighted by Gasteiger charge is 2.31. The summed E-state index contributed by atoms with van der Waals surface area (Å²) in [5.41, 5.74) is 0.106. The van der Waals surface area contributed by atoms with Crippen molar-refractivity contribution in [2.24, 2.45) is 0 Å². The van der Waals surface area contributed by atoms with E-state index in [0.29, 0.717) is 35.4 Å². The number of nitrogens with zero attached hydrogens (tertiary/aromatic N) is 1. The molecule has 6 nitrogen and oxygen atoms in total. The van der Waals surface area contributed by atoms with E-state index in [-0.39, 0.29) is 12.1 Å². The molecule has 0 atom stereocenters. The number of halogens is 2. The van der Waals surface area contributed by atoms with Crippen molar-refractivity contribution in [1.82, 2.24) is 10.2 Å². The predicted octanol–water partition coefficient (Wildman–Crippen LogP) is 2.55. The Morgan fingerprint density at radius 3 is 2.71 bits per heavy atom. The molecule has 2 rings (SSSR count). The van der Waals surface area contributed by atoms with Gasteiger partial charge in [-0.3, -0.25) is 9.59 Å². The number of hydrogen-bond acceptors (Lipinski definition) is 4. The van der Waals surface area contributed by atoms with Gasteiger partial charge >= 0.3 is 0 Å². The number of aliphatic hydroxyl groups is 1. The number of nitrogens with one attached hydrogen (secondary N) is 1. The number of benzene rings is 1. The minimum atomic E-state index is -0.532. The largest absolute Gasteiger partial charge is 0.503 e. The summed E-state index contributed by atoms with van der Waals surface area (Å²) in [6.45, 7) is 1.03. The highest BCUT2D eigenvalue weighted by Crippen LogP contribution is 2.26. The topological polar surface area (TPSA) is 78.9 Å². The molecule has 0 saturated carbocycles. The van der Waals surface area contributed by atoms with Crippen LogP contribution in [0.2, 0.25) is 10.0 Å². The van der Waals surface area contributed by atoms with Crippen molar-refractivity contribution in [2.45, 2.75) is 12.8 Å². The second-order valence-electron chi connectivity index (χ2n) is 5.38. The minimum absolute atomic E-state index is 0.106. The molecule has 2 amide bonds. The maximum absolute atomic E-state index is 11.9. The lowest BCUT2D eigenvalue weighted by molar-refractivity contribution is -0.126. The summed E-state index contributed by atoms with van der Waals surface area (Å²) in [4.78, 5) is 24.6. The molecule has 0 saturated heterocycles. The third-order valence-corrected chi connectivity index (χ3v) is 4.26. The summed E-state index contributed by atoms with van der Waals surface area (Å²) in [6, 6.07) is 5.05. The zero-order valence-electron chi connectivity index (χ0n) is 13.1. The van der Waals surface area contributed by atoms with E-state index >= 15 is 0 Å². The Hall–Kier alpha value is -1.92. The molecule has 8 heteroatoms. The van der Waals surface area contributed by atoms with Gasteiger partial charge in [0, 0.05) is 19.7 Å². The molecular weight excluding hydrogens is 355 g/mol. The fraction of sp³-hybridized carbons (Fsp3) is 0.375. The molecule has 2 N–H and O–H groups in total. The van der Waals surface area contributed by atoms with Crippen LogP contribution in [0.1, 0.15) is 12.8 Å². The lowest BCUT2D eigenvalue weighted by atomic mass is 10.2. The molecule has 0 aromatic heterocycles. The van der Waals surface area contributed by atoms with Gasteiger partial charge in [-0.25, -0.2) is 0 Å². The lowest BCUT2D eigenvalue weighted by Gasteiger charge is -2.09. The van der Waals surface area contributed by atoms with E-state index in [1.165, 1.54) is 11.9 Å². The summed E-state index contributed by atoms with van der Waals surface area (Å²) >= 11 is 11.7. The molecule has 24 heavy (non-hydrogen) atoms. The second-order valence-corrected chi connectivity index (χ2v) is 6.19. The molecule has 1 aromatic carbocycles. The fourth-order valence-electron chi connectivity index (χ4n) is 2.17. The van der Waals surface area contributed by atoms with Crippen LogP contribution < -0.4 is 10.1 Å². The summed E-state index contributed by atoms with van der Waals surface area (Å²) in [6.07, 6.45) is 1.43. The Kier molecular flexibility index (Phi) is 6.34. The standard InChI is InChI=1S/C16H18Cl2N2O4/c1-20-9-11(14(21)16(20)23)15(22)19-6-2-3-7-24-10-4-5-12(17)13(18)8-10/h4-5,8,21H,2-3,6-7,9H2,1H3,(H,19,22). The Balaban J connectivity index is 1.66. The zero-order valence-corrected chi connectivity index (χ0v) is 14.7. The van der Waals surface area contributed by atoms with Gasteiger partial charge < -0.3 is 20.1 Å². The first kappa shape index (κ1) is 18.4. The van der Waals surface area contributed by atoms with Crippen molar-refractivity contribution in [3.63, 3.8) is 0 Å². The molecule has 0 fully saturated rings. The van der Waals surface area contributed by atoms with Crippen LogP contribution in [0.15, 0.2) is 29.5 Å². The van der Waals surface area contributed by atoms with E-state index in [1.807, 2.05) is 0 Å². The van der Waals surface area contributed by atoms with Crippen LogP contribution in [0.3, 0.4) is 0 Å². The highest BCUT2D eigenvalue weighted by molar-refractivity contribution is 6.42. The first-order chi connectivity index (χ1) is 11.4. The molecule has 0 radical (unpaired) electrons. The fourth-order valence-corrected chi connectivity index (χ4v) is 2.45. The van der Waals surface area contributed by atoms with E-state index < -0.39 is 17.6 Å². The summed E-state index contributed by atoms with van der Waals surface area (Å²) in [5.74, 6) is -0.792. The highest BCUT2D eigenvalue weighted by atomic mass is 35.5. The minimum Gasteiger partial charge on any atom is -0.503 e. The average molecular weight is 373 g/mol. The number of ether oxygens (including phenoxy) is 1. The van der Waals surface area contributed by atoms with Gasteiger partial charge in [-0.1, -0.05) is 23.2 Å². The number of aliphatic hydroxyl groups excluding tert-OH is 1. The molecule has 1 aliphatic rings. The van der Waals surface area contributed by atoms with Crippen molar-refractivity contribution in [1.29, 1.82) is 0 Å². The zero-order chi connectivity index (χ0) is 17.7. The third kappa shape index (κ3) is 4.55. The van der Waals surface area contributed by atoms with Gasteiger partial charge in [0.2, 0.25) is 0 Å². The van der Waals surface area contributed by atoms with Crippen LogP contribution in [-0.4, -0.2) is 48.6 Å². The first-order valence-electron chi connectivity index (χ1n) is 7.43. The SMILES string of the molecule is CN1CC(C(=O)NCCCCOc2ccc(Cl)c(Cl)c2)=C(O)C1=O. The summed E-state index contributed by atoms with van der Waals surface area (Å²) < 4.78 is 5.54. The number of unbranched alkanes of at least 4 members (excludes halogenated alkanes) is 1. The van der Waals surface area contributed by atoms with Crippen LogP contribution in [0.4, 0.5) is 0 Å². The Bertz CT molecular complexity index is 676. The molecule has 0 unspecified atom stereocenters. The van der Waals surface area contributed by atoms with Gasteiger partial charge in [-0.2, -0.15) is 0 Å². The van der Waals surface area contributed by atoms with Crippen LogP contribution in [0.25, 0.3) is 0 Å². The molecule has 0 spiro atoms. The number of carbonyl (C=O) groups is 2. The quantitative estimate of drug-likeness (QED) is 0.720. The van der Waals surface area contributed by atoms with E-state index in [1.54, 1.807) is 18.2 Å². The van der Waals surface area contributed by atoms with E-state index in [4.69, 9.17) is 27.9 Å². The van der Waals surface area contributed by atoms with Crippen LogP contribution >= 0.6 is 23.2 Å². The Labute approximate surface area is 150 Å². The normalized spacial score (nSPS) is 14.3. The van der Waals surface area contributed by atoms with E-state index in [9.17, 15) is 14.7 Å². The van der Waals surface area contributed by atoms with Gasteiger partial charge in [0.1, 0.15) is 5.75 Å². The molecule has 1 heterocycles. The number of likely N-dealkylation sites (N-methyl/N-ethyl adjacent to an activating group) is 1. The van der Waals surface area contributed by atoms with Gasteiger partial charge in [-0.15, -0.1) is 0 Å². The number of carbonyl (C=O) groups excluding carboxylic acids is 2. The van der Waals surface area contributed by atoms with Crippen molar-refractivity contribution in [2.75, 3.05) is 26.7 Å². The van der Waals surface area contributed by atoms with Gasteiger partial charge in [0.05, 0.1) is 28.8 Å². The summed E-state index contributed by atoms with van der Waals surface area (Å²) in [7, 11) is 1.53. The van der Waals surface area contributed by atoms with Gasteiger partial charge in [0.25, 0.3) is 11.8 Å². The van der Waals surface area contributed by atoms with Gasteiger partial charge in [0.15, 0.2) is 5.76 Å². The lowest BCUT2D eigenvalue weighted by Crippen LogP contribution is -2.29. The van der Waals surface area contributed by atoms with Crippen molar-refractivity contribution < 1.29 is 19.4 Å². The number of hydrogen-bond donors (Lipinski definition) is 2. The van der Waals surface area contributed by atoms with Crippen LogP contribution in [0.5, 0.6) is 5.75 Å². The van der Waals surface area contributed by atoms with Crippen molar-refractivity contribution >= 4 is 35.0 Å². The number of amides is 2. The average Bonchev–Trinajstić information content (AvgIpc) is 2.81. The third-order valence-electron chi connectivity index (χ3n) is 3.52. The molecule has 130 valence electrons. The van der Waals surface area contributed by atoms with Crippen molar-refractivity contribution in [3.05, 3.63) is 39.6 Å². The Morgan fingerprint density at radius 1 is 1.33 bits per heavy atom. The molecule has 1 aliphatic heterocycles. The van der Waals surface area contributed by atoms with E-state index in [0.717, 1.165) is 6.42 Å². The van der Waals surface area contributed by atoms with Crippen molar-refractivity contribution in [3.8, 4) is 5.75 Å². The molecule has 1 aromatic rings. The molecule has 0 aliphatic carbocycles. The smallest absolute Gasteiger partial charge is 0.289 e. The maximum Gasteiger partial charge on any atom is 0.289 e. The van der Waals surface area contributed by atoms with Crippen LogP contribution in [-0.2, 0) is 9.59 Å².